The van der Waals surface area contributed by atoms with E-state index in [0.29, 0.717) is 17.4 Å². The molecular formula is C70H113NO8. The van der Waals surface area contributed by atoms with Crippen LogP contribution in [0.5, 0.6) is 0 Å². The molecule has 0 saturated heterocycles. The van der Waals surface area contributed by atoms with E-state index >= 15 is 0 Å². The smallest absolute Gasteiger partial charge is 0.306 e. The number of quaternary nitrogens is 1. The van der Waals surface area contributed by atoms with Crippen molar-refractivity contribution in [3.05, 3.63) is 146 Å². The van der Waals surface area contributed by atoms with E-state index in [0.717, 1.165) is 122 Å². The number of carboxylic acids is 1. The van der Waals surface area contributed by atoms with Crippen molar-refractivity contribution in [2.24, 2.45) is 0 Å². The van der Waals surface area contributed by atoms with Crippen molar-refractivity contribution >= 4 is 17.9 Å². The molecule has 0 N–H and O–H groups in total. The molecule has 0 aromatic rings. The highest BCUT2D eigenvalue weighted by atomic mass is 16.7. The highest BCUT2D eigenvalue weighted by Crippen LogP contribution is 2.14. The average molecular weight is 1100 g/mol. The molecule has 0 aromatic heterocycles. The van der Waals surface area contributed by atoms with E-state index < -0.39 is 24.3 Å². The Labute approximate surface area is 483 Å². The predicted octanol–water partition coefficient (Wildman–Crippen LogP) is 17.5. The van der Waals surface area contributed by atoms with Crippen LogP contribution >= 0.6 is 0 Å². The third kappa shape index (κ3) is 60.7. The Balaban J connectivity index is 4.22. The Hall–Kier alpha value is -4.83. The number of carbonyl (C=O) groups is 3. The monoisotopic (exact) mass is 1100 g/mol. The van der Waals surface area contributed by atoms with E-state index in [1.54, 1.807) is 0 Å². The highest BCUT2D eigenvalue weighted by Gasteiger charge is 2.22. The summed E-state index contributed by atoms with van der Waals surface area (Å²) in [5, 5.41) is 11.8. The van der Waals surface area contributed by atoms with E-state index in [4.69, 9.17) is 18.9 Å². The van der Waals surface area contributed by atoms with Gasteiger partial charge in [0.1, 0.15) is 13.2 Å². The summed E-state index contributed by atoms with van der Waals surface area (Å²) in [6, 6.07) is 0. The third-order valence-corrected chi connectivity index (χ3v) is 12.6. The summed E-state index contributed by atoms with van der Waals surface area (Å²) in [5.41, 5.74) is 0. The number of rotatable bonds is 55. The van der Waals surface area contributed by atoms with Gasteiger partial charge in [0.15, 0.2) is 12.4 Å². The van der Waals surface area contributed by atoms with Gasteiger partial charge in [-0.15, -0.1) is 0 Å². The molecule has 0 aromatic carbocycles. The summed E-state index contributed by atoms with van der Waals surface area (Å²) in [5.74, 6) is -2.33. The van der Waals surface area contributed by atoms with Gasteiger partial charge in [0.2, 0.25) is 0 Å². The van der Waals surface area contributed by atoms with Crippen molar-refractivity contribution in [1.82, 2.24) is 0 Å². The predicted molar refractivity (Wildman–Crippen MR) is 333 cm³/mol. The number of carboxylic acid groups (broad SMARTS) is 1. The summed E-state index contributed by atoms with van der Waals surface area (Å²) >= 11 is 0. The van der Waals surface area contributed by atoms with Gasteiger partial charge in [0, 0.05) is 12.8 Å². The Morgan fingerprint density at radius 2 is 0.722 bits per heavy atom. The molecular weight excluding hydrogens is 983 g/mol. The van der Waals surface area contributed by atoms with Crippen LogP contribution in [0, 0.1) is 0 Å². The number of likely N-dealkylation sites (N-methyl/N-ethyl adjacent to an activating group) is 1. The molecule has 0 rings (SSSR count). The molecule has 0 radical (unpaired) electrons. The normalized spacial score (nSPS) is 13.8. The number of nitrogens with zero attached hydrogens (tertiary/aromatic N) is 1. The van der Waals surface area contributed by atoms with Crippen molar-refractivity contribution in [2.45, 2.75) is 232 Å². The number of unbranched alkanes of at least 4 members (excludes halogenated alkanes) is 16. The van der Waals surface area contributed by atoms with Crippen molar-refractivity contribution in [2.75, 3.05) is 47.5 Å². The molecule has 0 heterocycles. The molecule has 446 valence electrons. The lowest BCUT2D eigenvalue weighted by molar-refractivity contribution is -0.870. The first-order chi connectivity index (χ1) is 38.6. The van der Waals surface area contributed by atoms with E-state index in [1.807, 2.05) is 21.1 Å². The van der Waals surface area contributed by atoms with E-state index in [2.05, 4.69) is 160 Å². The van der Waals surface area contributed by atoms with Gasteiger partial charge in [0.25, 0.3) is 0 Å². The van der Waals surface area contributed by atoms with Crippen molar-refractivity contribution < 1.29 is 42.9 Å². The summed E-state index contributed by atoms with van der Waals surface area (Å²) in [6.45, 7) is 4.58. The summed E-state index contributed by atoms with van der Waals surface area (Å²) in [7, 11) is 5.90. The maximum Gasteiger partial charge on any atom is 0.306 e. The van der Waals surface area contributed by atoms with Gasteiger partial charge in [-0.3, -0.25) is 9.59 Å². The fourth-order valence-corrected chi connectivity index (χ4v) is 7.87. The first-order valence-corrected chi connectivity index (χ1v) is 31.0. The minimum Gasteiger partial charge on any atom is -0.545 e. The van der Waals surface area contributed by atoms with Gasteiger partial charge in [-0.25, -0.2) is 0 Å². The maximum atomic E-state index is 12.8. The van der Waals surface area contributed by atoms with Crippen LogP contribution in [0.2, 0.25) is 0 Å². The minimum absolute atomic E-state index is 0.136. The number of allylic oxidation sites excluding steroid dienone is 24. The molecule has 2 unspecified atom stereocenters. The van der Waals surface area contributed by atoms with Crippen LogP contribution in [0.1, 0.15) is 219 Å². The minimum atomic E-state index is -1.64. The number of hydrogen-bond acceptors (Lipinski definition) is 8. The molecule has 0 bridgehead atoms. The van der Waals surface area contributed by atoms with Gasteiger partial charge in [0.05, 0.1) is 40.3 Å². The van der Waals surface area contributed by atoms with Crippen LogP contribution in [0.25, 0.3) is 0 Å². The molecule has 0 amide bonds. The summed E-state index contributed by atoms with van der Waals surface area (Å²) in [6.07, 6.45) is 83.4. The number of esters is 2. The molecule has 79 heavy (non-hydrogen) atoms. The number of ether oxygens (including phenoxy) is 4. The molecule has 0 aliphatic heterocycles. The first kappa shape index (κ1) is 74.2. The van der Waals surface area contributed by atoms with E-state index in [9.17, 15) is 19.5 Å². The number of carbonyl (C=O) groups excluding carboxylic acids is 3. The van der Waals surface area contributed by atoms with Gasteiger partial charge >= 0.3 is 11.9 Å². The molecule has 0 spiro atoms. The Kier molecular flexibility index (Phi) is 55.7. The molecule has 0 aliphatic carbocycles. The van der Waals surface area contributed by atoms with Gasteiger partial charge < -0.3 is 33.3 Å². The SMILES string of the molecule is CC/C=C\C/C=C\C/C=C\C/C=C\C/C=C\C/C=C\C/C=C\C/C=C\C/C=C\C/C=C\C/C=C\C/C=C\CCCCCCC(=O)OC(COC(=O)CCCCCCCCCCCCCCC)COC(OCC[N+](C)(C)C)C(=O)[O-]. The Morgan fingerprint density at radius 3 is 1.08 bits per heavy atom. The lowest BCUT2D eigenvalue weighted by Crippen LogP contribution is -2.44. The Morgan fingerprint density at radius 1 is 0.392 bits per heavy atom. The quantitative estimate of drug-likeness (QED) is 0.0195. The second kappa shape index (κ2) is 59.3. The first-order valence-electron chi connectivity index (χ1n) is 31.0. The lowest BCUT2D eigenvalue weighted by Gasteiger charge is -2.26. The molecule has 0 saturated carbocycles. The zero-order valence-electron chi connectivity index (χ0n) is 50.7. The molecule has 2 atom stereocenters. The second-order valence-electron chi connectivity index (χ2n) is 21.3. The maximum absolute atomic E-state index is 12.8. The average Bonchev–Trinajstić information content (AvgIpc) is 3.42. The van der Waals surface area contributed by atoms with Crippen LogP contribution in [-0.2, 0) is 33.3 Å². The fraction of sp³-hybridized carbons (Fsp3) is 0.614. The van der Waals surface area contributed by atoms with Gasteiger partial charge in [-0.1, -0.05) is 250 Å². The van der Waals surface area contributed by atoms with Gasteiger partial charge in [-0.2, -0.15) is 0 Å². The number of hydrogen-bond donors (Lipinski definition) is 0. The third-order valence-electron chi connectivity index (χ3n) is 12.6. The molecule has 0 aliphatic rings. The van der Waals surface area contributed by atoms with Crippen LogP contribution < -0.4 is 5.11 Å². The standard InChI is InChI=1S/C70H113NO8/c1-6-8-10-12-14-16-18-20-21-22-23-24-25-26-27-28-29-30-31-32-33-34-35-36-37-38-39-40-41-42-43-44-45-46-47-49-51-53-55-57-59-61-68(73)79-66(65-78-70(69(74)75)76-63-62-71(3,4)5)64-77-67(72)60-58-56-54-52-50-48-19-17-15-13-11-9-7-2/h8,10,14,16,20-21,23-24,26-27,29-30,32-33,35-36,38-39,41-42,44-45,47,49,66,70H,6-7,9,11-13,15,17-19,22,25,28,31,34,37,40,43,46,48,50-65H2,1-5H3/b10-8-,16-14-,21-20-,24-23-,27-26-,30-29-,33-32-,36-35-,39-38-,42-41-,45-44-,49-47-. The summed E-state index contributed by atoms with van der Waals surface area (Å²) in [4.78, 5) is 37.2. The van der Waals surface area contributed by atoms with Crippen molar-refractivity contribution in [1.29, 1.82) is 0 Å². The Bertz CT molecular complexity index is 1800. The van der Waals surface area contributed by atoms with Crippen LogP contribution in [0.4, 0.5) is 0 Å². The van der Waals surface area contributed by atoms with E-state index in [-0.39, 0.29) is 38.6 Å². The topological polar surface area (TPSA) is 111 Å². The highest BCUT2D eigenvalue weighted by molar-refractivity contribution is 5.70. The summed E-state index contributed by atoms with van der Waals surface area (Å²) < 4.78 is 22.6. The molecule has 9 heteroatoms. The molecule has 0 fully saturated rings. The number of aliphatic carboxylic acids is 1. The van der Waals surface area contributed by atoms with E-state index in [1.165, 1.54) is 64.2 Å². The van der Waals surface area contributed by atoms with Crippen molar-refractivity contribution in [3.8, 4) is 0 Å². The van der Waals surface area contributed by atoms with Gasteiger partial charge in [-0.05, 0) is 103 Å². The second-order valence-corrected chi connectivity index (χ2v) is 21.3. The largest absolute Gasteiger partial charge is 0.545 e. The van der Waals surface area contributed by atoms with Crippen molar-refractivity contribution in [3.63, 3.8) is 0 Å². The zero-order chi connectivity index (χ0) is 57.6. The van der Waals surface area contributed by atoms with Crippen LogP contribution in [0.3, 0.4) is 0 Å². The molecule has 9 nitrogen and oxygen atoms in total. The lowest BCUT2D eigenvalue weighted by atomic mass is 10.0. The zero-order valence-corrected chi connectivity index (χ0v) is 50.7. The fourth-order valence-electron chi connectivity index (χ4n) is 7.87. The van der Waals surface area contributed by atoms with Crippen LogP contribution in [0.15, 0.2) is 146 Å². The van der Waals surface area contributed by atoms with Crippen LogP contribution in [-0.4, -0.2) is 82.3 Å².